The number of hydrogen-bond donors (Lipinski definition) is 2. The number of rotatable bonds is 3. The summed E-state index contributed by atoms with van der Waals surface area (Å²) in [5, 5.41) is 2.87. The molecule has 0 atom stereocenters. The van der Waals surface area contributed by atoms with Crippen molar-refractivity contribution in [2.75, 3.05) is 18.4 Å². The van der Waals surface area contributed by atoms with E-state index in [1.54, 1.807) is 29.2 Å². The number of anilines is 1. The molecule has 9 heteroatoms. The molecule has 1 fully saturated rings. The maximum Gasteiger partial charge on any atom is 0.417 e. The maximum atomic E-state index is 12.9. The van der Waals surface area contributed by atoms with Gasteiger partial charge in [-0.1, -0.05) is 0 Å². The number of carbonyl (C=O) groups excluding carboxylic acids is 2. The number of carbonyl (C=O) groups is 2. The van der Waals surface area contributed by atoms with Gasteiger partial charge in [0, 0.05) is 31.0 Å². The summed E-state index contributed by atoms with van der Waals surface area (Å²) in [5.41, 5.74) is 1.53. The van der Waals surface area contributed by atoms with Crippen LogP contribution in [0.2, 0.25) is 0 Å². The van der Waals surface area contributed by atoms with Gasteiger partial charge in [0.15, 0.2) is 5.58 Å². The molecule has 1 aliphatic rings. The van der Waals surface area contributed by atoms with Crippen LogP contribution in [0.5, 0.6) is 0 Å². The Morgan fingerprint density at radius 3 is 2.65 bits per heavy atom. The fraction of sp³-hybridized carbons (Fsp3) is 0.409. The third kappa shape index (κ3) is 4.65. The number of aromatic amines is 1. The lowest BCUT2D eigenvalue weighted by atomic mass is 10.0. The molecule has 0 unspecified atom stereocenters. The fourth-order valence-corrected chi connectivity index (χ4v) is 3.78. The minimum Gasteiger partial charge on any atom is -0.444 e. The van der Waals surface area contributed by atoms with Crippen molar-refractivity contribution in [2.45, 2.75) is 45.3 Å². The molecule has 0 saturated carbocycles. The van der Waals surface area contributed by atoms with Crippen LogP contribution in [-0.4, -0.2) is 45.1 Å². The van der Waals surface area contributed by atoms with Crippen molar-refractivity contribution in [3.05, 3.63) is 52.8 Å². The zero-order valence-electron chi connectivity index (χ0n) is 17.8. The van der Waals surface area contributed by atoms with Crippen molar-refractivity contribution in [2.24, 2.45) is 0 Å². The van der Waals surface area contributed by atoms with Crippen molar-refractivity contribution >= 4 is 28.8 Å². The zero-order chi connectivity index (χ0) is 22.2. The Bertz CT molecular complexity index is 1160. The van der Waals surface area contributed by atoms with Crippen LogP contribution < -0.4 is 11.1 Å². The highest BCUT2D eigenvalue weighted by atomic mass is 16.6. The Morgan fingerprint density at radius 2 is 1.94 bits per heavy atom. The molecule has 2 aromatic heterocycles. The molecular weight excluding hydrogens is 400 g/mol. The van der Waals surface area contributed by atoms with Gasteiger partial charge in [0.05, 0.1) is 5.52 Å². The summed E-state index contributed by atoms with van der Waals surface area (Å²) in [5.74, 6) is -0.783. The summed E-state index contributed by atoms with van der Waals surface area (Å²) in [4.78, 5) is 40.8. The monoisotopic (exact) mass is 426 g/mol. The minimum atomic E-state index is -0.537. The van der Waals surface area contributed by atoms with Crippen molar-refractivity contribution in [3.8, 4) is 0 Å². The van der Waals surface area contributed by atoms with E-state index in [1.165, 1.54) is 0 Å². The first-order chi connectivity index (χ1) is 14.7. The number of benzene rings is 1. The van der Waals surface area contributed by atoms with Gasteiger partial charge < -0.3 is 23.9 Å². The summed E-state index contributed by atoms with van der Waals surface area (Å²) in [6.45, 7) is 6.70. The Labute approximate surface area is 179 Å². The Balaban J connectivity index is 1.42. The molecule has 1 saturated heterocycles. The van der Waals surface area contributed by atoms with Crippen LogP contribution in [0.4, 0.5) is 10.5 Å². The number of nitrogens with one attached hydrogen (secondary N) is 2. The molecule has 1 aromatic carbocycles. The highest BCUT2D eigenvalue weighted by Crippen LogP contribution is 2.26. The van der Waals surface area contributed by atoms with Crippen molar-refractivity contribution in [1.82, 2.24) is 14.5 Å². The van der Waals surface area contributed by atoms with Gasteiger partial charge in [-0.2, -0.15) is 0 Å². The van der Waals surface area contributed by atoms with E-state index in [2.05, 4.69) is 10.3 Å². The molecule has 0 radical (unpaired) electrons. The molecule has 0 bridgehead atoms. The number of piperidine rings is 1. The first-order valence-electron chi connectivity index (χ1n) is 10.3. The van der Waals surface area contributed by atoms with Crippen LogP contribution >= 0.6 is 0 Å². The van der Waals surface area contributed by atoms with Gasteiger partial charge in [0.25, 0.3) is 5.91 Å². The maximum absolute atomic E-state index is 12.9. The van der Waals surface area contributed by atoms with Crippen LogP contribution in [-0.2, 0) is 4.74 Å². The second-order valence-electron chi connectivity index (χ2n) is 8.68. The molecule has 9 nitrogen and oxygen atoms in total. The van der Waals surface area contributed by atoms with E-state index < -0.39 is 11.4 Å². The third-order valence-corrected chi connectivity index (χ3v) is 5.20. The molecule has 2 N–H and O–H groups in total. The number of aromatic nitrogens is 2. The number of oxazole rings is 1. The van der Waals surface area contributed by atoms with Crippen LogP contribution in [0.25, 0.3) is 11.1 Å². The zero-order valence-corrected chi connectivity index (χ0v) is 17.8. The van der Waals surface area contributed by atoms with E-state index in [4.69, 9.17) is 9.15 Å². The smallest absolute Gasteiger partial charge is 0.417 e. The van der Waals surface area contributed by atoms with Gasteiger partial charge in [0.1, 0.15) is 11.3 Å². The second kappa shape index (κ2) is 7.98. The summed E-state index contributed by atoms with van der Waals surface area (Å²) in [7, 11) is 0. The first kappa shape index (κ1) is 20.8. The van der Waals surface area contributed by atoms with Gasteiger partial charge >= 0.3 is 11.8 Å². The van der Waals surface area contributed by atoms with Gasteiger partial charge in [0.2, 0.25) is 0 Å². The summed E-state index contributed by atoms with van der Waals surface area (Å²) in [6, 6.07) is 8.70. The predicted octanol–water partition coefficient (Wildman–Crippen LogP) is 3.75. The molecule has 1 aliphatic heterocycles. The van der Waals surface area contributed by atoms with Gasteiger partial charge in [-0.15, -0.1) is 0 Å². The topological polar surface area (TPSA) is 110 Å². The van der Waals surface area contributed by atoms with Gasteiger partial charge in [-0.25, -0.2) is 9.59 Å². The summed E-state index contributed by atoms with van der Waals surface area (Å²) >= 11 is 0. The molecule has 164 valence electrons. The lowest BCUT2D eigenvalue weighted by Crippen LogP contribution is -2.42. The number of hydrogen-bond acceptors (Lipinski definition) is 5. The van der Waals surface area contributed by atoms with E-state index in [1.807, 2.05) is 37.6 Å². The average Bonchev–Trinajstić information content (AvgIpc) is 3.32. The minimum absolute atomic E-state index is 0.113. The Kier molecular flexibility index (Phi) is 5.34. The molecule has 0 spiro atoms. The lowest BCUT2D eigenvalue weighted by Gasteiger charge is -2.34. The van der Waals surface area contributed by atoms with E-state index in [0.717, 1.165) is 12.8 Å². The van der Waals surface area contributed by atoms with Crippen molar-refractivity contribution in [3.63, 3.8) is 0 Å². The second-order valence-corrected chi connectivity index (χ2v) is 8.68. The van der Waals surface area contributed by atoms with E-state index in [-0.39, 0.29) is 18.0 Å². The third-order valence-electron chi connectivity index (χ3n) is 5.20. The largest absolute Gasteiger partial charge is 0.444 e. The quantitative estimate of drug-likeness (QED) is 0.663. The van der Waals surface area contributed by atoms with E-state index >= 15 is 0 Å². The molecular formula is C22H26N4O5. The molecule has 4 rings (SSSR count). The van der Waals surface area contributed by atoms with E-state index in [9.17, 15) is 14.4 Å². The fourth-order valence-electron chi connectivity index (χ4n) is 3.78. The average molecular weight is 426 g/mol. The summed E-state index contributed by atoms with van der Waals surface area (Å²) in [6.07, 6.45) is 3.05. The predicted molar refractivity (Wildman–Crippen MR) is 115 cm³/mol. The Hall–Kier alpha value is -3.49. The van der Waals surface area contributed by atoms with Crippen molar-refractivity contribution in [1.29, 1.82) is 0 Å². The highest BCUT2D eigenvalue weighted by molar-refractivity contribution is 6.03. The van der Waals surface area contributed by atoms with Crippen LogP contribution in [0.3, 0.4) is 0 Å². The number of amides is 2. The first-order valence-corrected chi connectivity index (χ1v) is 10.3. The molecule has 31 heavy (non-hydrogen) atoms. The highest BCUT2D eigenvalue weighted by Gasteiger charge is 2.28. The number of likely N-dealkylation sites (tertiary alicyclic amines) is 1. The van der Waals surface area contributed by atoms with Crippen LogP contribution in [0, 0.1) is 0 Å². The number of H-pyrrole nitrogens is 1. The van der Waals surface area contributed by atoms with Gasteiger partial charge in [-0.05, 0) is 63.9 Å². The van der Waals surface area contributed by atoms with Gasteiger partial charge in [-0.3, -0.25) is 9.78 Å². The van der Waals surface area contributed by atoms with Crippen LogP contribution in [0.1, 0.15) is 50.1 Å². The lowest BCUT2D eigenvalue weighted by molar-refractivity contribution is 0.0187. The Morgan fingerprint density at radius 1 is 1.19 bits per heavy atom. The number of fused-ring (bicyclic) bond motifs is 1. The number of nitrogens with zero attached hydrogens (tertiary/aromatic N) is 2. The normalized spacial score (nSPS) is 15.3. The van der Waals surface area contributed by atoms with Crippen LogP contribution in [0.15, 0.2) is 45.7 Å². The molecule has 2 amide bonds. The molecule has 3 aromatic rings. The molecule has 3 heterocycles. The summed E-state index contributed by atoms with van der Waals surface area (Å²) < 4.78 is 12.4. The molecule has 0 aliphatic carbocycles. The standard InChI is InChI=1S/C22H26N4O5/c1-22(2,3)31-21(29)25-11-8-15(9-12-25)26-10-4-5-17(26)19(27)23-14-6-7-18-16(13-14)24-20(28)30-18/h4-7,10,13,15H,8-9,11-12H2,1-3H3,(H,23,27)(H,24,28). The van der Waals surface area contributed by atoms with Crippen molar-refractivity contribution < 1.29 is 18.7 Å². The number of ether oxygens (including phenoxy) is 1. The van der Waals surface area contributed by atoms with E-state index in [0.29, 0.717) is 35.6 Å². The SMILES string of the molecule is CC(C)(C)OC(=O)N1CCC(n2cccc2C(=O)Nc2ccc3oc(=O)[nH]c3c2)CC1.